The second-order valence-corrected chi connectivity index (χ2v) is 6.56. The Kier molecular flexibility index (Phi) is 7.17. The lowest BCUT2D eigenvalue weighted by Gasteiger charge is -2.29. The minimum Gasteiger partial charge on any atom is -0.462 e. The zero-order chi connectivity index (χ0) is 20.9. The van der Waals surface area contributed by atoms with E-state index in [1.54, 1.807) is 0 Å². The quantitative estimate of drug-likeness (QED) is 0.102. The average Bonchev–Trinajstić information content (AvgIpc) is 3.12. The van der Waals surface area contributed by atoms with Gasteiger partial charge in [0.25, 0.3) is 0 Å². The standard InChI is InChI=1S/C19H21F4NO4/c1-2-28-18(27)12(10-24-19(7-8-25)5-3-4-6-19)17(26)11-9-13(20)15(22)16(23)14(11)21/h9-10,24-25H,2-8H2,1H3/b12-10+. The lowest BCUT2D eigenvalue weighted by atomic mass is 9.93. The Morgan fingerprint density at radius 1 is 1.18 bits per heavy atom. The number of ketones is 1. The van der Waals surface area contributed by atoms with Crippen LogP contribution in [-0.2, 0) is 9.53 Å². The van der Waals surface area contributed by atoms with Crippen LogP contribution in [0, 0.1) is 23.3 Å². The Hall–Kier alpha value is -2.42. The normalized spacial score (nSPS) is 16.1. The second-order valence-electron chi connectivity index (χ2n) is 6.56. The molecule has 0 atom stereocenters. The molecule has 2 rings (SSSR count). The molecule has 0 spiro atoms. The molecule has 0 bridgehead atoms. The third-order valence-electron chi connectivity index (χ3n) is 4.76. The summed E-state index contributed by atoms with van der Waals surface area (Å²) in [6, 6.07) is 0.197. The highest BCUT2D eigenvalue weighted by molar-refractivity contribution is 6.24. The summed E-state index contributed by atoms with van der Waals surface area (Å²) in [5.74, 6) is -10.3. The van der Waals surface area contributed by atoms with Crippen LogP contribution < -0.4 is 5.32 Å². The molecule has 0 unspecified atom stereocenters. The van der Waals surface area contributed by atoms with Crippen LogP contribution in [0.1, 0.15) is 49.4 Å². The van der Waals surface area contributed by atoms with Gasteiger partial charge in [-0.3, -0.25) is 4.79 Å². The molecular weight excluding hydrogens is 382 g/mol. The molecule has 1 fully saturated rings. The molecule has 5 nitrogen and oxygen atoms in total. The van der Waals surface area contributed by atoms with E-state index in [4.69, 9.17) is 4.74 Å². The lowest BCUT2D eigenvalue weighted by molar-refractivity contribution is -0.138. The van der Waals surface area contributed by atoms with Gasteiger partial charge in [0.2, 0.25) is 5.78 Å². The third kappa shape index (κ3) is 4.52. The Morgan fingerprint density at radius 3 is 2.39 bits per heavy atom. The van der Waals surface area contributed by atoms with Gasteiger partial charge in [-0.25, -0.2) is 22.4 Å². The van der Waals surface area contributed by atoms with Gasteiger partial charge in [-0.15, -0.1) is 0 Å². The Bertz CT molecular complexity index is 789. The van der Waals surface area contributed by atoms with Crippen molar-refractivity contribution >= 4 is 11.8 Å². The number of benzene rings is 1. The molecule has 0 aromatic heterocycles. The van der Waals surface area contributed by atoms with Crippen molar-refractivity contribution in [1.29, 1.82) is 0 Å². The summed E-state index contributed by atoms with van der Waals surface area (Å²) < 4.78 is 58.9. The molecule has 9 heteroatoms. The molecule has 2 N–H and O–H groups in total. The van der Waals surface area contributed by atoms with E-state index < -0.39 is 51.7 Å². The molecule has 154 valence electrons. The van der Waals surface area contributed by atoms with Crippen molar-refractivity contribution in [1.82, 2.24) is 5.32 Å². The molecule has 0 heterocycles. The zero-order valence-corrected chi connectivity index (χ0v) is 15.3. The largest absolute Gasteiger partial charge is 0.462 e. The number of rotatable bonds is 8. The first-order chi connectivity index (χ1) is 13.3. The predicted octanol–water partition coefficient (Wildman–Crippen LogP) is 3.16. The van der Waals surface area contributed by atoms with E-state index in [0.29, 0.717) is 19.3 Å². The second kappa shape index (κ2) is 9.18. The van der Waals surface area contributed by atoms with Crippen molar-refractivity contribution in [2.24, 2.45) is 0 Å². The molecule has 1 aromatic carbocycles. The maximum absolute atomic E-state index is 14.0. The number of aliphatic hydroxyl groups excluding tert-OH is 1. The molecule has 1 aliphatic carbocycles. The Labute approximate surface area is 159 Å². The monoisotopic (exact) mass is 403 g/mol. The van der Waals surface area contributed by atoms with E-state index in [9.17, 15) is 32.3 Å². The van der Waals surface area contributed by atoms with Crippen LogP contribution in [0.3, 0.4) is 0 Å². The van der Waals surface area contributed by atoms with E-state index in [1.165, 1.54) is 6.92 Å². The molecule has 0 radical (unpaired) electrons. The fraction of sp³-hybridized carbons (Fsp3) is 0.474. The molecule has 0 saturated heterocycles. The van der Waals surface area contributed by atoms with Crippen molar-refractivity contribution in [3.05, 3.63) is 46.7 Å². The molecule has 0 aliphatic heterocycles. The van der Waals surface area contributed by atoms with Gasteiger partial charge < -0.3 is 15.2 Å². The molecule has 28 heavy (non-hydrogen) atoms. The summed E-state index contributed by atoms with van der Waals surface area (Å²) >= 11 is 0. The van der Waals surface area contributed by atoms with Crippen LogP contribution in [0.15, 0.2) is 17.8 Å². The first-order valence-corrected chi connectivity index (χ1v) is 8.90. The molecule has 1 aromatic rings. The topological polar surface area (TPSA) is 75.6 Å². The maximum atomic E-state index is 14.0. The van der Waals surface area contributed by atoms with E-state index in [-0.39, 0.29) is 19.3 Å². The summed E-state index contributed by atoms with van der Waals surface area (Å²) in [5, 5.41) is 12.2. The summed E-state index contributed by atoms with van der Waals surface area (Å²) in [4.78, 5) is 24.8. The van der Waals surface area contributed by atoms with Crippen LogP contribution in [0.4, 0.5) is 17.6 Å². The van der Waals surface area contributed by atoms with Crippen LogP contribution >= 0.6 is 0 Å². The Morgan fingerprint density at radius 2 is 1.82 bits per heavy atom. The van der Waals surface area contributed by atoms with Gasteiger partial charge in [0.15, 0.2) is 23.3 Å². The van der Waals surface area contributed by atoms with E-state index >= 15 is 0 Å². The van der Waals surface area contributed by atoms with Crippen LogP contribution in [0.25, 0.3) is 0 Å². The highest BCUT2D eigenvalue weighted by atomic mass is 19.2. The number of carbonyl (C=O) groups excluding carboxylic acids is 2. The summed E-state index contributed by atoms with van der Waals surface area (Å²) in [5.41, 5.74) is -2.37. The van der Waals surface area contributed by atoms with Crippen LogP contribution in [0.5, 0.6) is 0 Å². The lowest BCUT2D eigenvalue weighted by Crippen LogP contribution is -2.41. The van der Waals surface area contributed by atoms with Gasteiger partial charge in [-0.1, -0.05) is 12.8 Å². The van der Waals surface area contributed by atoms with Crippen LogP contribution in [-0.4, -0.2) is 35.6 Å². The average molecular weight is 403 g/mol. The number of carbonyl (C=O) groups is 2. The number of aliphatic hydroxyl groups is 1. The van der Waals surface area contributed by atoms with Gasteiger partial charge >= 0.3 is 5.97 Å². The number of Topliss-reactive ketones (excluding diaryl/α,β-unsaturated/α-hetero) is 1. The number of nitrogens with one attached hydrogen (secondary N) is 1. The van der Waals surface area contributed by atoms with Crippen molar-refractivity contribution in [2.75, 3.05) is 13.2 Å². The van der Waals surface area contributed by atoms with Crippen molar-refractivity contribution in [2.45, 2.75) is 44.6 Å². The molecule has 1 aliphatic rings. The molecular formula is C19H21F4NO4. The minimum absolute atomic E-state index is 0.0974. The third-order valence-corrected chi connectivity index (χ3v) is 4.76. The number of halogens is 4. The Balaban J connectivity index is 2.43. The summed E-state index contributed by atoms with van der Waals surface area (Å²) in [6.07, 6.45) is 4.44. The SMILES string of the molecule is CCOC(=O)/C(=C/NC1(CCO)CCCC1)C(=O)c1cc(F)c(F)c(F)c1F. The first kappa shape index (κ1) is 21.9. The van der Waals surface area contributed by atoms with Gasteiger partial charge in [-0.2, -0.15) is 0 Å². The van der Waals surface area contributed by atoms with Gasteiger partial charge in [0, 0.05) is 18.3 Å². The van der Waals surface area contributed by atoms with Gasteiger partial charge in [-0.05, 0) is 32.3 Å². The van der Waals surface area contributed by atoms with Crippen molar-refractivity contribution in [3.8, 4) is 0 Å². The van der Waals surface area contributed by atoms with E-state index in [1.807, 2.05) is 0 Å². The maximum Gasteiger partial charge on any atom is 0.343 e. The first-order valence-electron chi connectivity index (χ1n) is 8.90. The summed E-state index contributed by atoms with van der Waals surface area (Å²) in [6.45, 7) is 1.25. The van der Waals surface area contributed by atoms with E-state index in [2.05, 4.69) is 5.32 Å². The fourth-order valence-electron chi connectivity index (χ4n) is 3.27. The van der Waals surface area contributed by atoms with Gasteiger partial charge in [0.05, 0.1) is 12.2 Å². The van der Waals surface area contributed by atoms with Crippen molar-refractivity contribution in [3.63, 3.8) is 0 Å². The fourth-order valence-corrected chi connectivity index (χ4v) is 3.27. The van der Waals surface area contributed by atoms with Crippen molar-refractivity contribution < 1.29 is 37.0 Å². The zero-order valence-electron chi connectivity index (χ0n) is 15.3. The predicted molar refractivity (Wildman–Crippen MR) is 91.4 cm³/mol. The smallest absolute Gasteiger partial charge is 0.343 e. The number of ether oxygens (including phenoxy) is 1. The number of hydrogen-bond acceptors (Lipinski definition) is 5. The van der Waals surface area contributed by atoms with Gasteiger partial charge in [0.1, 0.15) is 5.57 Å². The highest BCUT2D eigenvalue weighted by Crippen LogP contribution is 2.32. The summed E-state index contributed by atoms with van der Waals surface area (Å²) in [7, 11) is 0. The molecule has 0 amide bonds. The van der Waals surface area contributed by atoms with E-state index in [0.717, 1.165) is 19.0 Å². The highest BCUT2D eigenvalue weighted by Gasteiger charge is 2.34. The number of esters is 1. The number of hydrogen-bond donors (Lipinski definition) is 2. The minimum atomic E-state index is -2.15. The van der Waals surface area contributed by atoms with Crippen LogP contribution in [0.2, 0.25) is 0 Å². The molecule has 1 saturated carbocycles.